The summed E-state index contributed by atoms with van der Waals surface area (Å²) in [6.45, 7) is 2.58. The van der Waals surface area contributed by atoms with E-state index in [1.807, 2.05) is 79.9 Å². The second-order valence-corrected chi connectivity index (χ2v) is 7.81. The molecule has 0 aliphatic heterocycles. The van der Waals surface area contributed by atoms with Crippen LogP contribution in [0.3, 0.4) is 0 Å². The van der Waals surface area contributed by atoms with Crippen molar-refractivity contribution in [3.8, 4) is 21.7 Å². The van der Waals surface area contributed by atoms with E-state index in [9.17, 15) is 4.79 Å². The molecule has 0 fully saturated rings. The predicted octanol–water partition coefficient (Wildman–Crippen LogP) is 5.15. The highest BCUT2D eigenvalue weighted by Gasteiger charge is 2.11. The maximum Gasteiger partial charge on any atom is 0.251 e. The number of benzene rings is 2. The molecule has 0 saturated carbocycles. The summed E-state index contributed by atoms with van der Waals surface area (Å²) < 4.78 is 0. The van der Waals surface area contributed by atoms with Crippen molar-refractivity contribution in [2.45, 2.75) is 13.3 Å². The van der Waals surface area contributed by atoms with Gasteiger partial charge in [0.2, 0.25) is 0 Å². The minimum atomic E-state index is -0.0579. The van der Waals surface area contributed by atoms with E-state index in [-0.39, 0.29) is 5.91 Å². The number of nitrogens with zero attached hydrogens (tertiary/aromatic N) is 2. The topological polar surface area (TPSA) is 54.9 Å². The molecule has 4 aromatic rings. The molecule has 0 unspecified atom stereocenters. The highest BCUT2D eigenvalue weighted by molar-refractivity contribution is 7.15. The lowest BCUT2D eigenvalue weighted by Crippen LogP contribution is -2.25. The Hall–Kier alpha value is -3.31. The maximum absolute atomic E-state index is 12.6. The van der Waals surface area contributed by atoms with Gasteiger partial charge in [-0.05, 0) is 42.3 Å². The van der Waals surface area contributed by atoms with Crippen molar-refractivity contribution < 1.29 is 4.79 Å². The first-order valence-electron chi connectivity index (χ1n) is 9.51. The van der Waals surface area contributed by atoms with Gasteiger partial charge >= 0.3 is 0 Å². The molecule has 2 heterocycles. The third-order valence-corrected chi connectivity index (χ3v) is 5.94. The standard InChI is InChI=1S/C24H21N3OS/c1-17-22(29-24(27-17)21-11-6-13-25-16-21)12-14-26-23(28)20-10-5-9-19(15-20)18-7-3-2-4-8-18/h2-11,13,15-16H,12,14H2,1H3,(H,26,28). The quantitative estimate of drug-likeness (QED) is 0.488. The normalized spacial score (nSPS) is 10.7. The number of amides is 1. The summed E-state index contributed by atoms with van der Waals surface area (Å²) in [5, 5.41) is 4.00. The van der Waals surface area contributed by atoms with Crippen molar-refractivity contribution in [2.24, 2.45) is 0 Å². The van der Waals surface area contributed by atoms with Crippen LogP contribution in [0.15, 0.2) is 79.1 Å². The summed E-state index contributed by atoms with van der Waals surface area (Å²) in [5.74, 6) is -0.0579. The van der Waals surface area contributed by atoms with Crippen LogP contribution >= 0.6 is 11.3 Å². The van der Waals surface area contributed by atoms with Crippen molar-refractivity contribution >= 4 is 17.2 Å². The van der Waals surface area contributed by atoms with Gasteiger partial charge in [0, 0.05) is 41.4 Å². The monoisotopic (exact) mass is 399 g/mol. The van der Waals surface area contributed by atoms with Gasteiger partial charge < -0.3 is 5.32 Å². The number of hydrogen-bond donors (Lipinski definition) is 1. The average molecular weight is 400 g/mol. The summed E-state index contributed by atoms with van der Waals surface area (Å²) in [6.07, 6.45) is 4.34. The number of hydrogen-bond acceptors (Lipinski definition) is 4. The van der Waals surface area contributed by atoms with Gasteiger partial charge in [0.25, 0.3) is 5.91 Å². The highest BCUT2D eigenvalue weighted by atomic mass is 32.1. The number of pyridine rings is 1. The van der Waals surface area contributed by atoms with Crippen LogP contribution in [0.25, 0.3) is 21.7 Å². The summed E-state index contributed by atoms with van der Waals surface area (Å²) in [7, 11) is 0. The van der Waals surface area contributed by atoms with Crippen LogP contribution in [0.2, 0.25) is 0 Å². The van der Waals surface area contributed by atoms with Gasteiger partial charge in [0.15, 0.2) is 0 Å². The van der Waals surface area contributed by atoms with E-state index < -0.39 is 0 Å². The Morgan fingerprint density at radius 3 is 2.55 bits per heavy atom. The van der Waals surface area contributed by atoms with Crippen LogP contribution in [0, 0.1) is 6.92 Å². The number of nitrogens with one attached hydrogen (secondary N) is 1. The fraction of sp³-hybridized carbons (Fsp3) is 0.125. The zero-order valence-corrected chi connectivity index (χ0v) is 16.9. The Labute approximate surface area is 174 Å². The lowest BCUT2D eigenvalue weighted by molar-refractivity contribution is 0.0954. The predicted molar refractivity (Wildman–Crippen MR) is 118 cm³/mol. The van der Waals surface area contributed by atoms with Crippen molar-refractivity contribution in [3.63, 3.8) is 0 Å². The first kappa shape index (κ1) is 19.0. The molecule has 0 radical (unpaired) electrons. The second-order valence-electron chi connectivity index (χ2n) is 6.72. The Morgan fingerprint density at radius 1 is 0.966 bits per heavy atom. The molecule has 5 heteroatoms. The molecular formula is C24H21N3OS. The summed E-state index contributed by atoms with van der Waals surface area (Å²) in [5.41, 5.74) is 4.84. The molecule has 144 valence electrons. The van der Waals surface area contributed by atoms with Gasteiger partial charge in [-0.25, -0.2) is 4.98 Å². The van der Waals surface area contributed by atoms with Crippen molar-refractivity contribution in [1.82, 2.24) is 15.3 Å². The van der Waals surface area contributed by atoms with Crippen LogP contribution in [0.1, 0.15) is 20.9 Å². The van der Waals surface area contributed by atoms with Crippen molar-refractivity contribution in [3.05, 3.63) is 95.3 Å². The average Bonchev–Trinajstić information content (AvgIpc) is 3.15. The van der Waals surface area contributed by atoms with E-state index >= 15 is 0 Å². The van der Waals surface area contributed by atoms with Gasteiger partial charge in [-0.3, -0.25) is 9.78 Å². The molecule has 0 saturated heterocycles. The summed E-state index contributed by atoms with van der Waals surface area (Å²) in [6, 6.07) is 21.7. The minimum absolute atomic E-state index is 0.0579. The number of carbonyl (C=O) groups excluding carboxylic acids is 1. The van der Waals surface area contributed by atoms with Gasteiger partial charge in [-0.15, -0.1) is 11.3 Å². The van der Waals surface area contributed by atoms with Crippen LogP contribution < -0.4 is 5.32 Å². The van der Waals surface area contributed by atoms with E-state index in [2.05, 4.69) is 15.3 Å². The molecule has 4 nitrogen and oxygen atoms in total. The minimum Gasteiger partial charge on any atom is -0.352 e. The Bertz CT molecular complexity index is 1110. The van der Waals surface area contributed by atoms with E-state index in [0.29, 0.717) is 12.1 Å². The Kier molecular flexibility index (Phi) is 5.77. The molecule has 0 bridgehead atoms. The molecule has 2 aromatic carbocycles. The SMILES string of the molecule is Cc1nc(-c2cccnc2)sc1CCNC(=O)c1cccc(-c2ccccc2)c1. The van der Waals surface area contributed by atoms with Crippen molar-refractivity contribution in [1.29, 1.82) is 0 Å². The first-order chi connectivity index (χ1) is 14.2. The second kappa shape index (κ2) is 8.80. The molecular weight excluding hydrogens is 378 g/mol. The molecule has 29 heavy (non-hydrogen) atoms. The Balaban J connectivity index is 1.39. The van der Waals surface area contributed by atoms with Gasteiger partial charge in [-0.2, -0.15) is 0 Å². The highest BCUT2D eigenvalue weighted by Crippen LogP contribution is 2.27. The molecule has 0 aliphatic rings. The zero-order chi connectivity index (χ0) is 20.1. The van der Waals surface area contributed by atoms with Gasteiger partial charge in [0.05, 0.1) is 5.69 Å². The van der Waals surface area contributed by atoms with Gasteiger partial charge in [0.1, 0.15) is 5.01 Å². The number of rotatable bonds is 6. The van der Waals surface area contributed by atoms with Crippen LogP contribution in [-0.2, 0) is 6.42 Å². The maximum atomic E-state index is 12.6. The number of aromatic nitrogens is 2. The lowest BCUT2D eigenvalue weighted by Gasteiger charge is -2.07. The summed E-state index contributed by atoms with van der Waals surface area (Å²) >= 11 is 1.66. The van der Waals surface area contributed by atoms with Crippen LogP contribution in [-0.4, -0.2) is 22.4 Å². The molecule has 0 spiro atoms. The third kappa shape index (κ3) is 4.58. The number of carbonyl (C=O) groups is 1. The molecule has 0 atom stereocenters. The molecule has 4 rings (SSSR count). The van der Waals surface area contributed by atoms with E-state index in [1.165, 1.54) is 4.88 Å². The molecule has 0 aliphatic carbocycles. The zero-order valence-electron chi connectivity index (χ0n) is 16.1. The van der Waals surface area contributed by atoms with Crippen LogP contribution in [0.4, 0.5) is 0 Å². The largest absolute Gasteiger partial charge is 0.352 e. The van der Waals surface area contributed by atoms with Gasteiger partial charge in [-0.1, -0.05) is 42.5 Å². The number of aryl methyl sites for hydroxylation is 1. The molecule has 2 aromatic heterocycles. The Morgan fingerprint density at radius 2 is 1.76 bits per heavy atom. The van der Waals surface area contributed by atoms with Crippen molar-refractivity contribution in [2.75, 3.05) is 6.54 Å². The number of thiazole rings is 1. The van der Waals surface area contributed by atoms with E-state index in [4.69, 9.17) is 0 Å². The van der Waals surface area contributed by atoms with E-state index in [1.54, 1.807) is 17.5 Å². The third-order valence-electron chi connectivity index (χ3n) is 4.67. The molecule has 1 N–H and O–H groups in total. The lowest BCUT2D eigenvalue weighted by atomic mass is 10.0. The fourth-order valence-electron chi connectivity index (χ4n) is 3.13. The van der Waals surface area contributed by atoms with Crippen LogP contribution in [0.5, 0.6) is 0 Å². The summed E-state index contributed by atoms with van der Waals surface area (Å²) in [4.78, 5) is 22.6. The first-order valence-corrected chi connectivity index (χ1v) is 10.3. The fourth-order valence-corrected chi connectivity index (χ4v) is 4.19. The smallest absolute Gasteiger partial charge is 0.251 e. The molecule has 1 amide bonds. The van der Waals surface area contributed by atoms with E-state index in [0.717, 1.165) is 33.8 Å².